The van der Waals surface area contributed by atoms with Crippen molar-refractivity contribution in [3.05, 3.63) is 243 Å². The van der Waals surface area contributed by atoms with Gasteiger partial charge in [0.05, 0.1) is 11.0 Å². The number of hydrogen-bond donors (Lipinski definition) is 0. The highest BCUT2D eigenvalue weighted by molar-refractivity contribution is 6.09. The van der Waals surface area contributed by atoms with E-state index in [0.29, 0.717) is 0 Å². The van der Waals surface area contributed by atoms with E-state index in [9.17, 15) is 0 Å². The van der Waals surface area contributed by atoms with Gasteiger partial charge in [-0.05, 0) is 122 Å². The third-order valence-electron chi connectivity index (χ3n) is 11.8. The predicted molar refractivity (Wildman–Crippen MR) is 255 cm³/mol. The highest BCUT2D eigenvalue weighted by atomic mass is 15.1. The first-order valence-electron chi connectivity index (χ1n) is 20.6. The summed E-state index contributed by atoms with van der Waals surface area (Å²) in [6, 6.07) is 87.8. The van der Waals surface area contributed by atoms with Gasteiger partial charge in [-0.1, -0.05) is 176 Å². The molecule has 0 amide bonds. The van der Waals surface area contributed by atoms with Crippen LogP contribution in [0.3, 0.4) is 0 Å². The van der Waals surface area contributed by atoms with Gasteiger partial charge in [0.1, 0.15) is 0 Å². The molecule has 282 valence electrons. The number of aromatic nitrogens is 1. The zero-order chi connectivity index (χ0) is 39.8. The molecule has 0 atom stereocenters. The molecule has 0 spiro atoms. The molecule has 0 saturated heterocycles. The number of nitrogens with zero attached hydrogens (tertiary/aromatic N) is 2. The molecule has 0 aliphatic carbocycles. The first kappa shape index (κ1) is 35.2. The highest BCUT2D eigenvalue weighted by Gasteiger charge is 2.16. The molecule has 1 heterocycles. The van der Waals surface area contributed by atoms with Crippen molar-refractivity contribution >= 4 is 49.6 Å². The molecule has 2 nitrogen and oxygen atoms in total. The van der Waals surface area contributed by atoms with Crippen LogP contribution < -0.4 is 4.90 Å². The van der Waals surface area contributed by atoms with E-state index < -0.39 is 0 Å². The van der Waals surface area contributed by atoms with Crippen molar-refractivity contribution in [3.63, 3.8) is 0 Å². The fourth-order valence-corrected chi connectivity index (χ4v) is 8.88. The van der Waals surface area contributed by atoms with Gasteiger partial charge in [-0.25, -0.2) is 0 Å². The largest absolute Gasteiger partial charge is 0.310 e. The van der Waals surface area contributed by atoms with Gasteiger partial charge in [0.15, 0.2) is 0 Å². The first-order valence-corrected chi connectivity index (χ1v) is 20.6. The Morgan fingerprint density at radius 3 is 1.42 bits per heavy atom. The van der Waals surface area contributed by atoms with Gasteiger partial charge in [0.2, 0.25) is 0 Å². The van der Waals surface area contributed by atoms with Gasteiger partial charge in [-0.3, -0.25) is 0 Å². The molecule has 0 aliphatic heterocycles. The first-order chi connectivity index (χ1) is 29.7. The molecule has 1 aromatic heterocycles. The molecule has 11 aromatic rings. The van der Waals surface area contributed by atoms with E-state index in [0.717, 1.165) is 28.3 Å². The number of rotatable bonds is 8. The van der Waals surface area contributed by atoms with Crippen LogP contribution in [0.25, 0.3) is 82.8 Å². The van der Waals surface area contributed by atoms with Crippen molar-refractivity contribution in [2.45, 2.75) is 0 Å². The number of fused-ring (bicyclic) bond motifs is 4. The van der Waals surface area contributed by atoms with Crippen molar-refractivity contribution in [2.24, 2.45) is 0 Å². The summed E-state index contributed by atoms with van der Waals surface area (Å²) in [6.07, 6.45) is 0. The minimum Gasteiger partial charge on any atom is -0.310 e. The Kier molecular flexibility index (Phi) is 8.87. The Bertz CT molecular complexity index is 3240. The smallest absolute Gasteiger partial charge is 0.0541 e. The summed E-state index contributed by atoms with van der Waals surface area (Å²) in [4.78, 5) is 2.37. The third kappa shape index (κ3) is 6.41. The summed E-state index contributed by atoms with van der Waals surface area (Å²) >= 11 is 0. The molecule has 0 saturated carbocycles. The second kappa shape index (κ2) is 15.1. The Labute approximate surface area is 350 Å². The van der Waals surface area contributed by atoms with Crippen LogP contribution >= 0.6 is 0 Å². The van der Waals surface area contributed by atoms with E-state index in [1.54, 1.807) is 0 Å². The third-order valence-corrected chi connectivity index (χ3v) is 11.8. The number of benzene rings is 10. The molecular weight excluding hydrogens is 725 g/mol. The van der Waals surface area contributed by atoms with Crippen LogP contribution in [-0.2, 0) is 0 Å². The topological polar surface area (TPSA) is 8.17 Å². The maximum atomic E-state index is 2.39. The minimum absolute atomic E-state index is 1.09. The summed E-state index contributed by atoms with van der Waals surface area (Å²) < 4.78 is 2.39. The Hall–Kier alpha value is -7.94. The Morgan fingerprint density at radius 2 is 0.733 bits per heavy atom. The Balaban J connectivity index is 0.973. The second-order valence-electron chi connectivity index (χ2n) is 15.4. The minimum atomic E-state index is 1.09. The molecule has 0 radical (unpaired) electrons. The normalized spacial score (nSPS) is 11.3. The number of hydrogen-bond acceptors (Lipinski definition) is 1. The summed E-state index contributed by atoms with van der Waals surface area (Å²) in [5.74, 6) is 0. The maximum absolute atomic E-state index is 2.39. The summed E-state index contributed by atoms with van der Waals surface area (Å²) in [6.45, 7) is 0. The van der Waals surface area contributed by atoms with E-state index in [4.69, 9.17) is 0 Å². The molecule has 60 heavy (non-hydrogen) atoms. The van der Waals surface area contributed by atoms with Crippen LogP contribution in [-0.4, -0.2) is 4.57 Å². The van der Waals surface area contributed by atoms with Crippen LogP contribution in [0.1, 0.15) is 0 Å². The zero-order valence-electron chi connectivity index (χ0n) is 33.0. The molecule has 0 unspecified atom stereocenters. The molecular formula is C58H40N2. The predicted octanol–water partition coefficient (Wildman–Crippen LogP) is 16.1. The average molecular weight is 765 g/mol. The van der Waals surface area contributed by atoms with Gasteiger partial charge in [0, 0.05) is 33.5 Å². The van der Waals surface area contributed by atoms with Crippen molar-refractivity contribution in [3.8, 4) is 50.2 Å². The lowest BCUT2D eigenvalue weighted by atomic mass is 9.97. The van der Waals surface area contributed by atoms with Crippen molar-refractivity contribution in [1.29, 1.82) is 0 Å². The van der Waals surface area contributed by atoms with E-state index >= 15 is 0 Å². The molecule has 2 heteroatoms. The number of para-hydroxylation sites is 2. The van der Waals surface area contributed by atoms with E-state index in [-0.39, 0.29) is 0 Å². The molecule has 0 N–H and O–H groups in total. The summed E-state index contributed by atoms with van der Waals surface area (Å²) in [5, 5.41) is 5.04. The molecule has 0 bridgehead atoms. The fraction of sp³-hybridized carbons (Fsp3) is 0. The average Bonchev–Trinajstić information content (AvgIpc) is 3.67. The summed E-state index contributed by atoms with van der Waals surface area (Å²) in [5.41, 5.74) is 16.4. The second-order valence-corrected chi connectivity index (χ2v) is 15.4. The van der Waals surface area contributed by atoms with Gasteiger partial charge < -0.3 is 9.47 Å². The van der Waals surface area contributed by atoms with Gasteiger partial charge in [0.25, 0.3) is 0 Å². The van der Waals surface area contributed by atoms with Crippen LogP contribution in [0.5, 0.6) is 0 Å². The lowest BCUT2D eigenvalue weighted by Crippen LogP contribution is -2.10. The number of anilines is 3. The van der Waals surface area contributed by atoms with Crippen LogP contribution in [0.2, 0.25) is 0 Å². The Morgan fingerprint density at radius 1 is 0.267 bits per heavy atom. The zero-order valence-corrected chi connectivity index (χ0v) is 33.0. The lowest BCUT2D eigenvalue weighted by molar-refractivity contribution is 1.18. The quantitative estimate of drug-likeness (QED) is 0.150. The van der Waals surface area contributed by atoms with Crippen LogP contribution in [0, 0.1) is 0 Å². The highest BCUT2D eigenvalue weighted by Crippen LogP contribution is 2.40. The van der Waals surface area contributed by atoms with E-state index in [2.05, 4.69) is 252 Å². The lowest BCUT2D eigenvalue weighted by Gasteiger charge is -2.26. The van der Waals surface area contributed by atoms with E-state index in [1.807, 2.05) is 0 Å². The SMILES string of the molecule is c1ccc(-c2ccc(N(c3ccc(-c4cccc5ccccc45)cc3)c3cccc(-c4cccc(-c5cccc(-n6c7ccccc7c7ccccc76)c5)c4)c3)cc2)cc1. The van der Waals surface area contributed by atoms with Gasteiger partial charge in [-0.15, -0.1) is 0 Å². The van der Waals surface area contributed by atoms with Crippen LogP contribution in [0.15, 0.2) is 243 Å². The van der Waals surface area contributed by atoms with Crippen molar-refractivity contribution in [1.82, 2.24) is 4.57 Å². The fourth-order valence-electron chi connectivity index (χ4n) is 8.88. The van der Waals surface area contributed by atoms with E-state index in [1.165, 1.54) is 71.5 Å². The molecule has 10 aromatic carbocycles. The monoisotopic (exact) mass is 764 g/mol. The molecule has 0 aliphatic rings. The van der Waals surface area contributed by atoms with Gasteiger partial charge >= 0.3 is 0 Å². The molecule has 0 fully saturated rings. The summed E-state index contributed by atoms with van der Waals surface area (Å²) in [7, 11) is 0. The van der Waals surface area contributed by atoms with Gasteiger partial charge in [-0.2, -0.15) is 0 Å². The standard InChI is InChI=1S/C58H40N2/c1-2-14-41(15-3-1)42-30-34-49(35-31-42)59(50-36-32-44(33-37-50)54-27-13-17-43-16-4-5-24-53(43)54)51-22-11-20-47(39-51)45-18-10-19-46(38-45)48-21-12-23-52(40-48)60-57-28-8-6-25-55(57)56-26-7-9-29-58(56)60/h1-40H. The van der Waals surface area contributed by atoms with Crippen LogP contribution in [0.4, 0.5) is 17.1 Å². The maximum Gasteiger partial charge on any atom is 0.0541 e. The van der Waals surface area contributed by atoms with Crippen molar-refractivity contribution in [2.75, 3.05) is 4.90 Å². The van der Waals surface area contributed by atoms with Crippen molar-refractivity contribution < 1.29 is 0 Å². The molecule has 11 rings (SSSR count).